The molecule has 0 amide bonds. The minimum atomic E-state index is -3.12. The molecular weight excluding hydrogens is 300 g/mol. The first-order chi connectivity index (χ1) is 9.66. The van der Waals surface area contributed by atoms with Crippen LogP contribution >= 0.6 is 0 Å². The van der Waals surface area contributed by atoms with E-state index in [-0.39, 0.29) is 23.1 Å². The fourth-order valence-electron chi connectivity index (χ4n) is 2.07. The fourth-order valence-corrected chi connectivity index (χ4v) is 3.17. The molecule has 7 heteroatoms. The van der Waals surface area contributed by atoms with E-state index in [0.717, 1.165) is 12.1 Å². The van der Waals surface area contributed by atoms with Crippen molar-refractivity contribution in [2.75, 3.05) is 11.5 Å². The van der Waals surface area contributed by atoms with Gasteiger partial charge in [0.2, 0.25) is 0 Å². The summed E-state index contributed by atoms with van der Waals surface area (Å²) in [5.41, 5.74) is 0.236. The molecule has 21 heavy (non-hydrogen) atoms. The Labute approximate surface area is 124 Å². The Bertz CT molecular complexity index is 578. The second-order valence-corrected chi connectivity index (χ2v) is 7.57. The molecular formula is C14H21F2NO3S. The first-order valence-corrected chi connectivity index (χ1v) is 8.58. The van der Waals surface area contributed by atoms with Gasteiger partial charge in [-0.15, -0.1) is 0 Å². The molecule has 0 saturated carbocycles. The molecule has 0 aliphatic heterocycles. The summed E-state index contributed by atoms with van der Waals surface area (Å²) in [6.45, 7) is 4.92. The largest absolute Gasteiger partial charge is 0.387 e. The van der Waals surface area contributed by atoms with Crippen molar-refractivity contribution in [1.29, 1.82) is 0 Å². The van der Waals surface area contributed by atoms with Crippen LogP contribution in [0.4, 0.5) is 8.78 Å². The van der Waals surface area contributed by atoms with Gasteiger partial charge in [-0.25, -0.2) is 17.2 Å². The highest BCUT2D eigenvalue weighted by Gasteiger charge is 2.21. The van der Waals surface area contributed by atoms with Crippen molar-refractivity contribution in [3.05, 3.63) is 35.4 Å². The molecule has 0 bridgehead atoms. The van der Waals surface area contributed by atoms with Gasteiger partial charge in [-0.2, -0.15) is 0 Å². The molecule has 0 radical (unpaired) electrons. The van der Waals surface area contributed by atoms with E-state index in [1.807, 2.05) is 0 Å². The second kappa shape index (κ2) is 7.29. The number of nitrogens with one attached hydrogen (secondary N) is 1. The summed E-state index contributed by atoms with van der Waals surface area (Å²) in [4.78, 5) is 0. The molecule has 0 aliphatic carbocycles. The lowest BCUT2D eigenvalue weighted by Gasteiger charge is -2.24. The number of benzene rings is 1. The average molecular weight is 321 g/mol. The number of hydrogen-bond donors (Lipinski definition) is 2. The highest BCUT2D eigenvalue weighted by molar-refractivity contribution is 7.91. The molecule has 1 rings (SSSR count). The lowest BCUT2D eigenvalue weighted by atomic mass is 10.0. The summed E-state index contributed by atoms with van der Waals surface area (Å²) >= 11 is 0. The maximum Gasteiger partial charge on any atom is 0.159 e. The minimum absolute atomic E-state index is 0.0433. The predicted octanol–water partition coefficient (Wildman–Crippen LogP) is 1.80. The van der Waals surface area contributed by atoms with Crippen LogP contribution in [0.2, 0.25) is 0 Å². The molecule has 0 aliphatic rings. The van der Waals surface area contributed by atoms with Crippen LogP contribution in [0, 0.1) is 11.6 Å². The maximum atomic E-state index is 13.1. The predicted molar refractivity (Wildman–Crippen MR) is 77.7 cm³/mol. The van der Waals surface area contributed by atoms with E-state index in [4.69, 9.17) is 0 Å². The van der Waals surface area contributed by atoms with Crippen molar-refractivity contribution >= 4 is 9.84 Å². The van der Waals surface area contributed by atoms with Crippen LogP contribution in [-0.4, -0.2) is 37.1 Å². The average Bonchev–Trinajstić information content (AvgIpc) is 2.40. The zero-order valence-corrected chi connectivity index (χ0v) is 13.1. The molecule has 0 spiro atoms. The molecule has 4 nitrogen and oxygen atoms in total. The van der Waals surface area contributed by atoms with Crippen molar-refractivity contribution < 1.29 is 22.3 Å². The van der Waals surface area contributed by atoms with Gasteiger partial charge in [0.25, 0.3) is 0 Å². The van der Waals surface area contributed by atoms with Crippen LogP contribution in [0.5, 0.6) is 0 Å². The lowest BCUT2D eigenvalue weighted by molar-refractivity contribution is 0.131. The first kappa shape index (κ1) is 18.0. The molecule has 0 fully saturated rings. The highest BCUT2D eigenvalue weighted by Crippen LogP contribution is 2.19. The van der Waals surface area contributed by atoms with Gasteiger partial charge in [0.1, 0.15) is 0 Å². The van der Waals surface area contributed by atoms with Crippen LogP contribution in [0.3, 0.4) is 0 Å². The van der Waals surface area contributed by atoms with Crippen LogP contribution in [0.1, 0.15) is 32.4 Å². The number of rotatable bonds is 7. The Morgan fingerprint density at radius 1 is 1.24 bits per heavy atom. The second-order valence-electron chi connectivity index (χ2n) is 5.17. The van der Waals surface area contributed by atoms with E-state index in [0.29, 0.717) is 0 Å². The van der Waals surface area contributed by atoms with Crippen LogP contribution in [0.25, 0.3) is 0 Å². The SMILES string of the molecule is CCS(=O)(=O)CC(C)NC(C)C(O)c1ccc(F)c(F)c1. The molecule has 2 N–H and O–H groups in total. The highest BCUT2D eigenvalue weighted by atomic mass is 32.2. The third-order valence-electron chi connectivity index (χ3n) is 3.25. The zero-order valence-electron chi connectivity index (χ0n) is 12.3. The van der Waals surface area contributed by atoms with Crippen molar-refractivity contribution in [3.63, 3.8) is 0 Å². The summed E-state index contributed by atoms with van der Waals surface area (Å²) in [5.74, 6) is -1.99. The van der Waals surface area contributed by atoms with Gasteiger partial charge in [-0.3, -0.25) is 0 Å². The van der Waals surface area contributed by atoms with Crippen molar-refractivity contribution in [1.82, 2.24) is 5.32 Å². The smallest absolute Gasteiger partial charge is 0.159 e. The molecule has 3 atom stereocenters. The van der Waals surface area contributed by atoms with Gasteiger partial charge in [0, 0.05) is 17.8 Å². The van der Waals surface area contributed by atoms with Crippen LogP contribution in [0.15, 0.2) is 18.2 Å². The summed E-state index contributed by atoms with van der Waals surface area (Å²) in [6.07, 6.45) is -1.06. The minimum Gasteiger partial charge on any atom is -0.387 e. The Morgan fingerprint density at radius 2 is 1.86 bits per heavy atom. The Hall–Kier alpha value is -1.05. The molecule has 1 aromatic rings. The lowest BCUT2D eigenvalue weighted by Crippen LogP contribution is -2.42. The molecule has 1 aromatic carbocycles. The molecule has 0 aromatic heterocycles. The summed E-state index contributed by atoms with van der Waals surface area (Å²) in [7, 11) is -3.12. The summed E-state index contributed by atoms with van der Waals surface area (Å²) in [5, 5.41) is 13.1. The van der Waals surface area contributed by atoms with Gasteiger partial charge in [-0.05, 0) is 31.5 Å². The third-order valence-corrected chi connectivity index (χ3v) is 5.14. The Balaban J connectivity index is 2.70. The molecule has 0 heterocycles. The van der Waals surface area contributed by atoms with E-state index in [9.17, 15) is 22.3 Å². The standard InChI is InChI=1S/C14H21F2NO3S/c1-4-21(19,20)8-9(2)17-10(3)14(18)11-5-6-12(15)13(16)7-11/h5-7,9-10,14,17-18H,4,8H2,1-3H3. The fraction of sp³-hybridized carbons (Fsp3) is 0.571. The number of hydrogen-bond acceptors (Lipinski definition) is 4. The summed E-state index contributed by atoms with van der Waals surface area (Å²) in [6, 6.07) is 2.33. The monoisotopic (exact) mass is 321 g/mol. The van der Waals surface area contributed by atoms with E-state index >= 15 is 0 Å². The number of halogens is 2. The zero-order chi connectivity index (χ0) is 16.2. The number of aliphatic hydroxyl groups excluding tert-OH is 1. The van der Waals surface area contributed by atoms with E-state index in [1.165, 1.54) is 6.07 Å². The molecule has 3 unspecified atom stereocenters. The third kappa shape index (κ3) is 5.33. The van der Waals surface area contributed by atoms with E-state index in [2.05, 4.69) is 5.32 Å². The Morgan fingerprint density at radius 3 is 2.38 bits per heavy atom. The normalized spacial score (nSPS) is 16.5. The van der Waals surface area contributed by atoms with E-state index in [1.54, 1.807) is 20.8 Å². The molecule has 120 valence electrons. The van der Waals surface area contributed by atoms with E-state index < -0.39 is 33.6 Å². The van der Waals surface area contributed by atoms with Crippen molar-refractivity contribution in [2.24, 2.45) is 0 Å². The number of aliphatic hydroxyl groups is 1. The van der Waals surface area contributed by atoms with Crippen molar-refractivity contribution in [2.45, 2.75) is 39.0 Å². The topological polar surface area (TPSA) is 66.4 Å². The number of sulfone groups is 1. The quantitative estimate of drug-likeness (QED) is 0.804. The van der Waals surface area contributed by atoms with Gasteiger partial charge >= 0.3 is 0 Å². The maximum absolute atomic E-state index is 13.1. The first-order valence-electron chi connectivity index (χ1n) is 6.75. The summed E-state index contributed by atoms with van der Waals surface area (Å²) < 4.78 is 49.0. The van der Waals surface area contributed by atoms with Crippen LogP contribution < -0.4 is 5.32 Å². The van der Waals surface area contributed by atoms with Crippen molar-refractivity contribution in [3.8, 4) is 0 Å². The van der Waals surface area contributed by atoms with Gasteiger partial charge < -0.3 is 10.4 Å². The van der Waals surface area contributed by atoms with Gasteiger partial charge in [0.05, 0.1) is 11.9 Å². The molecule has 0 saturated heterocycles. The Kier molecular flexibility index (Phi) is 6.24. The van der Waals surface area contributed by atoms with Gasteiger partial charge in [0.15, 0.2) is 21.5 Å². The van der Waals surface area contributed by atoms with Gasteiger partial charge in [-0.1, -0.05) is 13.0 Å². The van der Waals surface area contributed by atoms with Crippen LogP contribution in [-0.2, 0) is 9.84 Å².